The lowest BCUT2D eigenvalue weighted by Crippen LogP contribution is -2.01. The molecular formula is C43H26N4S. The highest BCUT2D eigenvalue weighted by Crippen LogP contribution is 2.42. The molecule has 0 radical (unpaired) electrons. The van der Waals surface area contributed by atoms with Gasteiger partial charge < -0.3 is 0 Å². The monoisotopic (exact) mass is 630 g/mol. The molecule has 0 bridgehead atoms. The van der Waals surface area contributed by atoms with Gasteiger partial charge in [0.1, 0.15) is 4.83 Å². The molecule has 0 unspecified atom stereocenters. The van der Waals surface area contributed by atoms with Gasteiger partial charge in [0, 0.05) is 27.6 Å². The van der Waals surface area contributed by atoms with Crippen molar-refractivity contribution in [1.82, 2.24) is 19.4 Å². The highest BCUT2D eigenvalue weighted by molar-refractivity contribution is 7.24. The van der Waals surface area contributed by atoms with Gasteiger partial charge in [0.2, 0.25) is 0 Å². The Hall–Kier alpha value is -6.17. The van der Waals surface area contributed by atoms with Crippen molar-refractivity contribution in [3.8, 4) is 45.3 Å². The maximum Gasteiger partial charge on any atom is 0.164 e. The van der Waals surface area contributed by atoms with Crippen LogP contribution in [-0.2, 0) is 0 Å². The molecule has 4 nitrogen and oxygen atoms in total. The first-order valence-electron chi connectivity index (χ1n) is 16.0. The van der Waals surface area contributed by atoms with Crippen molar-refractivity contribution < 1.29 is 0 Å². The maximum absolute atomic E-state index is 5.13. The number of nitrogens with zero attached hydrogens (tertiary/aromatic N) is 4. The minimum absolute atomic E-state index is 0.649. The summed E-state index contributed by atoms with van der Waals surface area (Å²) in [7, 11) is 0. The lowest BCUT2D eigenvalue weighted by Gasteiger charge is -2.12. The van der Waals surface area contributed by atoms with E-state index in [0.717, 1.165) is 38.2 Å². The maximum atomic E-state index is 5.13. The fourth-order valence-electron chi connectivity index (χ4n) is 7.04. The standard InChI is InChI=1S/C43H26N4S/c1-3-15-31-27(11-1)13-9-18-33(31)41-44-40(45-42(46-41)34-19-10-14-28-12-2-4-16-32(28)34)30-25-23-29(24-26-30)39-35-17-5-6-20-36(35)47-37-21-7-8-22-38(37)48-43(39)47/h1-26H. The Kier molecular flexibility index (Phi) is 6.01. The van der Waals surface area contributed by atoms with E-state index in [-0.39, 0.29) is 0 Å². The zero-order valence-electron chi connectivity index (χ0n) is 25.7. The number of fused-ring (bicyclic) bond motifs is 7. The Morgan fingerprint density at radius 3 is 1.56 bits per heavy atom. The van der Waals surface area contributed by atoms with Gasteiger partial charge in [0.15, 0.2) is 17.5 Å². The van der Waals surface area contributed by atoms with Crippen LogP contribution in [0.1, 0.15) is 0 Å². The Bertz CT molecular complexity index is 2740. The average molecular weight is 631 g/mol. The Labute approximate surface area is 280 Å². The molecule has 0 atom stereocenters. The van der Waals surface area contributed by atoms with Gasteiger partial charge in [-0.15, -0.1) is 11.3 Å². The van der Waals surface area contributed by atoms with E-state index in [0.29, 0.717) is 17.5 Å². The van der Waals surface area contributed by atoms with E-state index in [2.05, 4.69) is 162 Å². The summed E-state index contributed by atoms with van der Waals surface area (Å²) in [5.41, 5.74) is 7.80. The van der Waals surface area contributed by atoms with E-state index in [4.69, 9.17) is 15.0 Å². The number of hydrogen-bond acceptors (Lipinski definition) is 4. The molecule has 0 saturated heterocycles. The Balaban J connectivity index is 1.17. The largest absolute Gasteiger partial charge is 0.299 e. The van der Waals surface area contributed by atoms with Crippen molar-refractivity contribution in [3.63, 3.8) is 0 Å². The number of para-hydroxylation sites is 2. The summed E-state index contributed by atoms with van der Waals surface area (Å²) in [5, 5.41) is 5.79. The van der Waals surface area contributed by atoms with Crippen molar-refractivity contribution in [1.29, 1.82) is 0 Å². The molecule has 0 amide bonds. The summed E-state index contributed by atoms with van der Waals surface area (Å²) < 4.78 is 3.68. The van der Waals surface area contributed by atoms with E-state index in [1.165, 1.54) is 37.1 Å². The zero-order valence-corrected chi connectivity index (χ0v) is 26.5. The number of aromatic nitrogens is 4. The summed E-state index contributed by atoms with van der Waals surface area (Å²) in [4.78, 5) is 16.6. The van der Waals surface area contributed by atoms with Crippen molar-refractivity contribution >= 4 is 58.8 Å². The van der Waals surface area contributed by atoms with Crippen LogP contribution >= 0.6 is 11.3 Å². The predicted molar refractivity (Wildman–Crippen MR) is 200 cm³/mol. The quantitative estimate of drug-likeness (QED) is 0.194. The van der Waals surface area contributed by atoms with Crippen LogP contribution in [0.5, 0.6) is 0 Å². The van der Waals surface area contributed by atoms with E-state index in [9.17, 15) is 0 Å². The normalized spacial score (nSPS) is 11.8. The first-order chi connectivity index (χ1) is 23.8. The minimum Gasteiger partial charge on any atom is -0.299 e. The third-order valence-corrected chi connectivity index (χ3v) is 10.4. The highest BCUT2D eigenvalue weighted by atomic mass is 32.1. The second kappa shape index (κ2) is 10.7. The highest BCUT2D eigenvalue weighted by Gasteiger charge is 2.19. The molecule has 10 aromatic rings. The second-order valence-electron chi connectivity index (χ2n) is 12.0. The molecule has 0 N–H and O–H groups in total. The zero-order chi connectivity index (χ0) is 31.6. The molecule has 3 aromatic heterocycles. The predicted octanol–water partition coefficient (Wildman–Crippen LogP) is 11.5. The fourth-order valence-corrected chi connectivity index (χ4v) is 8.27. The molecule has 5 heteroatoms. The molecule has 224 valence electrons. The Morgan fingerprint density at radius 2 is 0.896 bits per heavy atom. The van der Waals surface area contributed by atoms with E-state index >= 15 is 0 Å². The van der Waals surface area contributed by atoms with Crippen LogP contribution in [0.4, 0.5) is 0 Å². The smallest absolute Gasteiger partial charge is 0.164 e. The van der Waals surface area contributed by atoms with Crippen LogP contribution in [0.3, 0.4) is 0 Å². The first kappa shape index (κ1) is 27.0. The topological polar surface area (TPSA) is 43.1 Å². The van der Waals surface area contributed by atoms with Gasteiger partial charge >= 0.3 is 0 Å². The fraction of sp³-hybridized carbons (Fsp3) is 0. The van der Waals surface area contributed by atoms with Gasteiger partial charge in [-0.2, -0.15) is 0 Å². The molecule has 0 spiro atoms. The van der Waals surface area contributed by atoms with Gasteiger partial charge in [0.05, 0.1) is 15.7 Å². The van der Waals surface area contributed by atoms with Crippen LogP contribution < -0.4 is 0 Å². The van der Waals surface area contributed by atoms with Crippen molar-refractivity contribution in [3.05, 3.63) is 158 Å². The molecule has 0 aliphatic heterocycles. The van der Waals surface area contributed by atoms with Crippen LogP contribution in [0.2, 0.25) is 0 Å². The molecule has 10 rings (SSSR count). The van der Waals surface area contributed by atoms with Gasteiger partial charge in [-0.1, -0.05) is 140 Å². The lowest BCUT2D eigenvalue weighted by atomic mass is 10.0. The molecule has 0 aliphatic rings. The SMILES string of the molecule is c1ccc2c(-c3nc(-c4ccc(-c5c6ccccc6n6c5sc5ccccc56)cc4)nc(-c4cccc5ccccc45)n3)cccc2c1. The summed E-state index contributed by atoms with van der Waals surface area (Å²) in [6.45, 7) is 0. The van der Waals surface area contributed by atoms with Crippen molar-refractivity contribution in [2.75, 3.05) is 0 Å². The number of thiazole rings is 1. The molecule has 3 heterocycles. The summed E-state index contributed by atoms with van der Waals surface area (Å²) >= 11 is 1.84. The van der Waals surface area contributed by atoms with Gasteiger partial charge in [-0.3, -0.25) is 4.40 Å². The average Bonchev–Trinajstić information content (AvgIpc) is 3.69. The first-order valence-corrected chi connectivity index (χ1v) is 16.9. The molecule has 0 fully saturated rings. The third-order valence-electron chi connectivity index (χ3n) is 9.27. The van der Waals surface area contributed by atoms with E-state index in [1.807, 2.05) is 11.3 Å². The number of rotatable bonds is 4. The van der Waals surface area contributed by atoms with Crippen LogP contribution in [0.15, 0.2) is 158 Å². The second-order valence-corrected chi connectivity index (χ2v) is 13.1. The Morgan fingerprint density at radius 1 is 0.396 bits per heavy atom. The minimum atomic E-state index is 0.649. The van der Waals surface area contributed by atoms with E-state index < -0.39 is 0 Å². The van der Waals surface area contributed by atoms with Crippen LogP contribution in [0, 0.1) is 0 Å². The number of benzene rings is 7. The molecule has 48 heavy (non-hydrogen) atoms. The summed E-state index contributed by atoms with van der Waals surface area (Å²) in [6, 6.07) is 55.5. The molecule has 0 aliphatic carbocycles. The van der Waals surface area contributed by atoms with Crippen molar-refractivity contribution in [2.24, 2.45) is 0 Å². The number of hydrogen-bond donors (Lipinski definition) is 0. The summed E-state index contributed by atoms with van der Waals surface area (Å²) in [5.74, 6) is 1.97. The van der Waals surface area contributed by atoms with Gasteiger partial charge in [0.25, 0.3) is 0 Å². The van der Waals surface area contributed by atoms with Crippen LogP contribution in [0.25, 0.3) is 92.8 Å². The van der Waals surface area contributed by atoms with E-state index in [1.54, 1.807) is 0 Å². The molecule has 7 aromatic carbocycles. The van der Waals surface area contributed by atoms with Gasteiger partial charge in [-0.05, 0) is 45.3 Å². The van der Waals surface area contributed by atoms with Crippen LogP contribution in [-0.4, -0.2) is 19.4 Å². The molecular weight excluding hydrogens is 605 g/mol. The molecule has 0 saturated carbocycles. The third kappa shape index (κ3) is 4.18. The van der Waals surface area contributed by atoms with Gasteiger partial charge in [-0.25, -0.2) is 15.0 Å². The lowest BCUT2D eigenvalue weighted by molar-refractivity contribution is 1.08. The summed E-state index contributed by atoms with van der Waals surface area (Å²) in [6.07, 6.45) is 0. The van der Waals surface area contributed by atoms with Crippen molar-refractivity contribution in [2.45, 2.75) is 0 Å².